The Balaban J connectivity index is -0.000000199. The van der Waals surface area contributed by atoms with E-state index < -0.39 is 41.9 Å². The molecule has 15 nitrogen and oxygen atoms in total. The number of carboxylic acid groups (broad SMARTS) is 5. The van der Waals surface area contributed by atoms with Crippen molar-refractivity contribution < 1.29 is 49.5 Å². The van der Waals surface area contributed by atoms with Crippen LogP contribution in [0.5, 0.6) is 0 Å². The minimum Gasteiger partial charge on any atom is -0.481 e. The van der Waals surface area contributed by atoms with E-state index in [1.165, 1.54) is 12.8 Å². The average molecular weight is 542 g/mol. The van der Waals surface area contributed by atoms with E-state index in [0.29, 0.717) is 25.9 Å². The van der Waals surface area contributed by atoms with Crippen molar-refractivity contribution in [3.05, 3.63) is 0 Å². The van der Waals surface area contributed by atoms with Crippen LogP contribution in [0, 0.1) is 0 Å². The van der Waals surface area contributed by atoms with Crippen LogP contribution in [0.3, 0.4) is 0 Å². The van der Waals surface area contributed by atoms with Crippen molar-refractivity contribution >= 4 is 29.8 Å². The summed E-state index contributed by atoms with van der Waals surface area (Å²) >= 11 is 0. The summed E-state index contributed by atoms with van der Waals surface area (Å²) in [5.41, 5.74) is 25.2. The van der Waals surface area contributed by atoms with Gasteiger partial charge in [-0.25, -0.2) is 9.59 Å². The fourth-order valence-corrected chi connectivity index (χ4v) is 2.13. The Hall–Kier alpha value is -2.85. The van der Waals surface area contributed by atoms with Gasteiger partial charge in [-0.05, 0) is 51.7 Å². The normalized spacial score (nSPS) is 10.4. The number of carbonyl (C=O) groups is 5. The van der Waals surface area contributed by atoms with Gasteiger partial charge in [0, 0.05) is 12.8 Å². The molecule has 0 aliphatic carbocycles. The molecule has 0 bridgehead atoms. The Kier molecular flexibility index (Phi) is 34.8. The predicted molar refractivity (Wildman–Crippen MR) is 137 cm³/mol. The zero-order chi connectivity index (χ0) is 29.6. The second-order valence-corrected chi connectivity index (χ2v) is 7.72. The summed E-state index contributed by atoms with van der Waals surface area (Å²) in [7, 11) is 0. The van der Waals surface area contributed by atoms with Gasteiger partial charge in [-0.15, -0.1) is 0 Å². The van der Waals surface area contributed by atoms with Gasteiger partial charge in [0.15, 0.2) is 0 Å². The lowest BCUT2D eigenvalue weighted by Crippen LogP contribution is -2.38. The molecule has 15 heteroatoms. The number of hydrogen-bond acceptors (Lipinski definition) is 10. The third kappa shape index (κ3) is 43.6. The molecule has 0 aliphatic heterocycles. The van der Waals surface area contributed by atoms with Gasteiger partial charge in [-0.1, -0.05) is 32.1 Å². The maximum atomic E-state index is 10.1. The van der Waals surface area contributed by atoms with Crippen LogP contribution in [0.2, 0.25) is 0 Å². The first-order chi connectivity index (χ1) is 17.3. The first kappa shape index (κ1) is 41.3. The van der Waals surface area contributed by atoms with Gasteiger partial charge >= 0.3 is 29.8 Å². The van der Waals surface area contributed by atoms with E-state index in [9.17, 15) is 24.0 Å². The van der Waals surface area contributed by atoms with E-state index in [0.717, 1.165) is 51.5 Å². The zero-order valence-electron chi connectivity index (χ0n) is 21.4. The van der Waals surface area contributed by atoms with Crippen LogP contribution in [-0.2, 0) is 24.0 Å². The van der Waals surface area contributed by atoms with Crippen LogP contribution < -0.4 is 28.7 Å². The third-order valence-electron chi connectivity index (χ3n) is 4.27. The highest BCUT2D eigenvalue weighted by atomic mass is 16.4. The summed E-state index contributed by atoms with van der Waals surface area (Å²) in [5, 5.41) is 40.3. The highest BCUT2D eigenvalue weighted by molar-refractivity contribution is 5.96. The lowest BCUT2D eigenvalue weighted by atomic mass is 10.1. The van der Waals surface area contributed by atoms with Crippen LogP contribution in [-0.4, -0.2) is 87.1 Å². The molecule has 0 saturated heterocycles. The van der Waals surface area contributed by atoms with Crippen molar-refractivity contribution in [1.82, 2.24) is 0 Å². The molecular weight excluding hydrogens is 494 g/mol. The number of rotatable bonds is 18. The summed E-state index contributed by atoms with van der Waals surface area (Å²) in [6.07, 6.45) is 10.0. The van der Waals surface area contributed by atoms with Crippen molar-refractivity contribution in [3.63, 3.8) is 0 Å². The summed E-state index contributed by atoms with van der Waals surface area (Å²) in [6.45, 7) is 1.77. The van der Waals surface area contributed by atoms with Crippen molar-refractivity contribution in [2.45, 2.75) is 89.1 Å². The van der Waals surface area contributed by atoms with Crippen molar-refractivity contribution in [1.29, 1.82) is 0 Å². The molecule has 0 radical (unpaired) electrons. The van der Waals surface area contributed by atoms with Gasteiger partial charge in [-0.3, -0.25) is 14.4 Å². The van der Waals surface area contributed by atoms with E-state index in [4.69, 9.17) is 48.5 Å². The molecule has 37 heavy (non-hydrogen) atoms. The number of nitrogens with two attached hydrogens (primary N) is 5. The van der Waals surface area contributed by atoms with Crippen molar-refractivity contribution in [2.24, 2.45) is 28.7 Å². The number of unbranched alkanes of at least 4 members (excludes halogenated alkanes) is 7. The summed E-state index contributed by atoms with van der Waals surface area (Å²) in [6, 6.07) is -2.59. The molecule has 0 heterocycles. The molecule has 0 aromatic rings. The Morgan fingerprint density at radius 2 is 0.811 bits per heavy atom. The quantitative estimate of drug-likeness (QED) is 0.0777. The van der Waals surface area contributed by atoms with E-state index >= 15 is 0 Å². The Labute approximate surface area is 217 Å². The van der Waals surface area contributed by atoms with E-state index in [1.54, 1.807) is 0 Å². The van der Waals surface area contributed by atoms with Crippen LogP contribution >= 0.6 is 0 Å². The van der Waals surface area contributed by atoms with Crippen molar-refractivity contribution in [3.8, 4) is 0 Å². The molecule has 0 aromatic carbocycles. The number of carboxylic acids is 5. The second kappa shape index (κ2) is 31.2. The standard InChI is InChI=1S/C9H19NO2.C6H13NO2.C4H10N2O2.C3H5NO4/c10-8-6-4-2-1-3-5-7-9(11)12;7-5-3-1-2-4-6(8)9;5-2-1-3(6)4(7)8;4-1(2(5)6)3(7)8/h1-8,10H2,(H,11,12);1-5,7H2,(H,8,9);3H,1-2,5-6H2,(H,7,8);1H,4H2,(H,5,6)(H,7,8). The molecule has 0 aliphatic rings. The van der Waals surface area contributed by atoms with E-state index in [2.05, 4.69) is 5.73 Å². The Morgan fingerprint density at radius 3 is 1.03 bits per heavy atom. The largest absolute Gasteiger partial charge is 0.481 e. The van der Waals surface area contributed by atoms with Crippen LogP contribution in [0.4, 0.5) is 0 Å². The topological polar surface area (TPSA) is 317 Å². The average Bonchev–Trinajstić information content (AvgIpc) is 2.81. The molecule has 0 rings (SSSR count). The predicted octanol–water partition coefficient (Wildman–Crippen LogP) is -0.419. The minimum atomic E-state index is -1.80. The fraction of sp³-hybridized carbons (Fsp3) is 0.773. The lowest BCUT2D eigenvalue weighted by molar-refractivity contribution is -0.149. The van der Waals surface area contributed by atoms with Gasteiger partial charge in [0.1, 0.15) is 6.04 Å². The molecule has 0 spiro atoms. The second-order valence-electron chi connectivity index (χ2n) is 7.72. The molecule has 220 valence electrons. The smallest absolute Gasteiger partial charge is 0.332 e. The Morgan fingerprint density at radius 1 is 0.486 bits per heavy atom. The van der Waals surface area contributed by atoms with Crippen LogP contribution in [0.25, 0.3) is 0 Å². The molecule has 15 N–H and O–H groups in total. The summed E-state index contributed by atoms with van der Waals surface area (Å²) < 4.78 is 0. The Bertz CT molecular complexity index is 594. The highest BCUT2D eigenvalue weighted by Gasteiger charge is 2.18. The van der Waals surface area contributed by atoms with Crippen LogP contribution in [0.1, 0.15) is 77.0 Å². The maximum absolute atomic E-state index is 10.1. The molecule has 0 fully saturated rings. The molecular formula is C22H47N5O10. The summed E-state index contributed by atoms with van der Waals surface area (Å²) in [5.74, 6) is -5.45. The molecule has 1 atom stereocenters. The lowest BCUT2D eigenvalue weighted by Gasteiger charge is -2.00. The first-order valence-corrected chi connectivity index (χ1v) is 12.0. The van der Waals surface area contributed by atoms with Crippen LogP contribution in [0.15, 0.2) is 0 Å². The molecule has 1 unspecified atom stereocenters. The first-order valence-electron chi connectivity index (χ1n) is 12.0. The summed E-state index contributed by atoms with van der Waals surface area (Å²) in [4.78, 5) is 49.2. The monoisotopic (exact) mass is 541 g/mol. The maximum Gasteiger partial charge on any atom is 0.332 e. The van der Waals surface area contributed by atoms with Gasteiger partial charge < -0.3 is 54.2 Å². The highest BCUT2D eigenvalue weighted by Crippen LogP contribution is 2.06. The van der Waals surface area contributed by atoms with Gasteiger partial charge in [0.2, 0.25) is 6.04 Å². The zero-order valence-corrected chi connectivity index (χ0v) is 21.4. The fourth-order valence-electron chi connectivity index (χ4n) is 2.13. The van der Waals surface area contributed by atoms with Crippen molar-refractivity contribution in [2.75, 3.05) is 19.6 Å². The van der Waals surface area contributed by atoms with Gasteiger partial charge in [0.05, 0.1) is 0 Å². The number of aliphatic carboxylic acids is 5. The minimum absolute atomic E-state index is 0.278. The van der Waals surface area contributed by atoms with E-state index in [-0.39, 0.29) is 6.42 Å². The molecule has 0 aromatic heterocycles. The SMILES string of the molecule is NC(C(=O)O)C(=O)O.NCCC(N)C(=O)O.NCCCCCC(=O)O.NCCCCCCCCC(=O)O. The molecule has 0 saturated carbocycles. The van der Waals surface area contributed by atoms with Gasteiger partial charge in [-0.2, -0.15) is 0 Å². The number of hydrogen-bond donors (Lipinski definition) is 10. The van der Waals surface area contributed by atoms with E-state index in [1.807, 2.05) is 0 Å². The third-order valence-corrected chi connectivity index (χ3v) is 4.27. The molecule has 0 amide bonds. The van der Waals surface area contributed by atoms with Gasteiger partial charge in [0.25, 0.3) is 0 Å².